The number of thiol groups is 1. The zero-order valence-corrected chi connectivity index (χ0v) is 8.12. The summed E-state index contributed by atoms with van der Waals surface area (Å²) in [5.74, 6) is 1.95. The molecule has 0 saturated carbocycles. The summed E-state index contributed by atoms with van der Waals surface area (Å²) in [6.07, 6.45) is 2.76. The van der Waals surface area contributed by atoms with Crippen molar-refractivity contribution in [2.75, 3.05) is 11.5 Å². The number of oxazole rings is 1. The highest BCUT2D eigenvalue weighted by atomic mass is 32.2. The minimum atomic E-state index is 0.768. The van der Waals surface area contributed by atoms with Crippen molar-refractivity contribution in [1.29, 1.82) is 0 Å². The first-order chi connectivity index (χ1) is 5.33. The predicted octanol–water partition coefficient (Wildman–Crippen LogP) is 2.40. The van der Waals surface area contributed by atoms with Gasteiger partial charge in [0.05, 0.1) is 5.69 Å². The summed E-state index contributed by atoms with van der Waals surface area (Å²) in [6.45, 7) is 1.92. The minimum Gasteiger partial charge on any atom is -0.440 e. The number of aryl methyl sites for hydroxylation is 1. The largest absolute Gasteiger partial charge is 0.440 e. The van der Waals surface area contributed by atoms with Gasteiger partial charge in [0, 0.05) is 5.75 Å². The van der Waals surface area contributed by atoms with Gasteiger partial charge < -0.3 is 4.42 Å². The van der Waals surface area contributed by atoms with Crippen LogP contribution in [-0.2, 0) is 0 Å². The maximum absolute atomic E-state index is 5.14. The highest BCUT2D eigenvalue weighted by Gasteiger charge is 1.99. The van der Waals surface area contributed by atoms with Gasteiger partial charge in [-0.15, -0.1) is 0 Å². The Balaban J connectivity index is 2.27. The first-order valence-electron chi connectivity index (χ1n) is 3.48. The number of rotatable bonds is 4. The summed E-state index contributed by atoms with van der Waals surface area (Å²) < 4.78 is 5.14. The Bertz CT molecular complexity index is 212. The molecule has 1 rings (SSSR count). The van der Waals surface area contributed by atoms with E-state index in [4.69, 9.17) is 4.42 Å². The Kier molecular flexibility index (Phi) is 3.86. The molecule has 1 aromatic heterocycles. The summed E-state index contributed by atoms with van der Waals surface area (Å²) in [5.41, 5.74) is 0.943. The average molecular weight is 189 g/mol. The molecule has 0 bridgehead atoms. The van der Waals surface area contributed by atoms with Crippen molar-refractivity contribution in [2.24, 2.45) is 0 Å². The van der Waals surface area contributed by atoms with E-state index >= 15 is 0 Å². The van der Waals surface area contributed by atoms with E-state index in [1.165, 1.54) is 0 Å². The Morgan fingerprint density at radius 2 is 2.55 bits per heavy atom. The molecule has 4 heteroatoms. The third kappa shape index (κ3) is 3.20. The second-order valence-corrected chi connectivity index (χ2v) is 3.67. The summed E-state index contributed by atoms with van der Waals surface area (Å²) in [7, 11) is 0. The van der Waals surface area contributed by atoms with E-state index in [2.05, 4.69) is 17.6 Å². The molecule has 0 radical (unpaired) electrons. The Labute approximate surface area is 76.2 Å². The molecule has 0 spiro atoms. The fraction of sp³-hybridized carbons (Fsp3) is 0.571. The Morgan fingerprint density at radius 3 is 3.09 bits per heavy atom. The monoisotopic (exact) mass is 189 g/mol. The van der Waals surface area contributed by atoms with E-state index in [-0.39, 0.29) is 0 Å². The van der Waals surface area contributed by atoms with E-state index in [0.717, 1.165) is 28.8 Å². The highest BCUT2D eigenvalue weighted by molar-refractivity contribution is 7.99. The summed E-state index contributed by atoms with van der Waals surface area (Å²) in [4.78, 5) is 4.15. The van der Waals surface area contributed by atoms with E-state index < -0.39 is 0 Å². The fourth-order valence-electron chi connectivity index (χ4n) is 0.623. The van der Waals surface area contributed by atoms with Gasteiger partial charge in [-0.1, -0.05) is 11.8 Å². The van der Waals surface area contributed by atoms with Gasteiger partial charge in [-0.2, -0.15) is 12.6 Å². The lowest BCUT2D eigenvalue weighted by Gasteiger charge is -1.91. The van der Waals surface area contributed by atoms with E-state index in [1.54, 1.807) is 18.0 Å². The molecule has 0 aliphatic rings. The zero-order valence-electron chi connectivity index (χ0n) is 6.41. The van der Waals surface area contributed by atoms with Crippen molar-refractivity contribution in [2.45, 2.75) is 18.6 Å². The molecule has 0 saturated heterocycles. The molecule has 0 aliphatic heterocycles. The molecule has 0 fully saturated rings. The van der Waals surface area contributed by atoms with Gasteiger partial charge in [0.2, 0.25) is 0 Å². The van der Waals surface area contributed by atoms with Gasteiger partial charge in [-0.3, -0.25) is 0 Å². The number of thioether (sulfide) groups is 1. The number of hydrogen-bond donors (Lipinski definition) is 1. The molecule has 1 aromatic rings. The zero-order chi connectivity index (χ0) is 8.10. The lowest BCUT2D eigenvalue weighted by Crippen LogP contribution is -1.80. The highest BCUT2D eigenvalue weighted by Crippen LogP contribution is 2.17. The van der Waals surface area contributed by atoms with Crippen molar-refractivity contribution in [3.8, 4) is 0 Å². The van der Waals surface area contributed by atoms with Crippen molar-refractivity contribution in [3.05, 3.63) is 12.0 Å². The average Bonchev–Trinajstić information content (AvgIpc) is 2.37. The quantitative estimate of drug-likeness (QED) is 0.447. The third-order valence-corrected chi connectivity index (χ3v) is 2.37. The molecular formula is C7H11NOS2. The van der Waals surface area contributed by atoms with Gasteiger partial charge in [-0.25, -0.2) is 4.98 Å². The van der Waals surface area contributed by atoms with Crippen molar-refractivity contribution >= 4 is 24.4 Å². The summed E-state index contributed by atoms with van der Waals surface area (Å²) >= 11 is 5.75. The molecule has 0 unspecified atom stereocenters. The second-order valence-electron chi connectivity index (χ2n) is 2.18. The van der Waals surface area contributed by atoms with Crippen molar-refractivity contribution in [3.63, 3.8) is 0 Å². The molecule has 11 heavy (non-hydrogen) atoms. The van der Waals surface area contributed by atoms with Crippen LogP contribution in [-0.4, -0.2) is 16.5 Å². The van der Waals surface area contributed by atoms with E-state index in [1.807, 2.05) is 6.92 Å². The van der Waals surface area contributed by atoms with Gasteiger partial charge in [-0.05, 0) is 19.1 Å². The smallest absolute Gasteiger partial charge is 0.255 e. The molecule has 1 heterocycles. The maximum Gasteiger partial charge on any atom is 0.255 e. The third-order valence-electron chi connectivity index (χ3n) is 1.13. The summed E-state index contributed by atoms with van der Waals surface area (Å²) in [6, 6.07) is 0. The van der Waals surface area contributed by atoms with Crippen LogP contribution in [0.4, 0.5) is 0 Å². The lowest BCUT2D eigenvalue weighted by atomic mass is 10.6. The van der Waals surface area contributed by atoms with Crippen LogP contribution in [0.1, 0.15) is 12.1 Å². The molecule has 0 aromatic carbocycles. The van der Waals surface area contributed by atoms with Gasteiger partial charge >= 0.3 is 0 Å². The van der Waals surface area contributed by atoms with Crippen molar-refractivity contribution in [1.82, 2.24) is 4.98 Å². The molecule has 0 amide bonds. The SMILES string of the molecule is Cc1coc(SCCCS)n1. The first-order valence-corrected chi connectivity index (χ1v) is 5.10. The Morgan fingerprint density at radius 1 is 1.73 bits per heavy atom. The number of aromatic nitrogens is 1. The normalized spacial score (nSPS) is 10.4. The van der Waals surface area contributed by atoms with Gasteiger partial charge in [0.1, 0.15) is 6.26 Å². The predicted molar refractivity (Wildman–Crippen MR) is 50.4 cm³/mol. The molecule has 62 valence electrons. The van der Waals surface area contributed by atoms with Crippen LogP contribution in [0.2, 0.25) is 0 Å². The van der Waals surface area contributed by atoms with Crippen LogP contribution in [0.3, 0.4) is 0 Å². The number of nitrogens with zero attached hydrogens (tertiary/aromatic N) is 1. The second kappa shape index (κ2) is 4.72. The minimum absolute atomic E-state index is 0.768. The van der Waals surface area contributed by atoms with Gasteiger partial charge in [0.25, 0.3) is 5.22 Å². The van der Waals surface area contributed by atoms with Gasteiger partial charge in [0.15, 0.2) is 0 Å². The Hall–Kier alpha value is -0.0900. The first kappa shape index (κ1) is 9.00. The van der Waals surface area contributed by atoms with Crippen LogP contribution in [0, 0.1) is 6.92 Å². The van der Waals surface area contributed by atoms with E-state index in [0.29, 0.717) is 0 Å². The van der Waals surface area contributed by atoms with Crippen LogP contribution in [0.25, 0.3) is 0 Å². The topological polar surface area (TPSA) is 26.0 Å². The molecule has 0 atom stereocenters. The van der Waals surface area contributed by atoms with E-state index in [9.17, 15) is 0 Å². The van der Waals surface area contributed by atoms with Crippen LogP contribution in [0.15, 0.2) is 15.9 Å². The molecule has 0 N–H and O–H groups in total. The lowest BCUT2D eigenvalue weighted by molar-refractivity contribution is 0.454. The molecular weight excluding hydrogens is 178 g/mol. The van der Waals surface area contributed by atoms with Crippen molar-refractivity contribution < 1.29 is 4.42 Å². The molecule has 2 nitrogen and oxygen atoms in total. The van der Waals surface area contributed by atoms with Crippen LogP contribution < -0.4 is 0 Å². The number of hydrogen-bond acceptors (Lipinski definition) is 4. The van der Waals surface area contributed by atoms with Crippen LogP contribution >= 0.6 is 24.4 Å². The van der Waals surface area contributed by atoms with Crippen LogP contribution in [0.5, 0.6) is 0 Å². The fourth-order valence-corrected chi connectivity index (χ4v) is 1.78. The maximum atomic E-state index is 5.14. The molecule has 0 aliphatic carbocycles. The summed E-state index contributed by atoms with van der Waals surface area (Å²) in [5, 5.41) is 0.768. The standard InChI is InChI=1S/C7H11NOS2/c1-6-5-9-7(8-6)11-4-2-3-10/h5,10H,2-4H2,1H3.